The van der Waals surface area contributed by atoms with Gasteiger partial charge in [-0.15, -0.1) is 5.10 Å². The average Bonchev–Trinajstić information content (AvgIpc) is 3.37. The van der Waals surface area contributed by atoms with Crippen LogP contribution >= 0.6 is 11.3 Å². The van der Waals surface area contributed by atoms with Gasteiger partial charge in [0, 0.05) is 6.07 Å². The van der Waals surface area contributed by atoms with E-state index in [1.54, 1.807) is 34.6 Å². The van der Waals surface area contributed by atoms with E-state index < -0.39 is 5.97 Å². The molecule has 0 amide bonds. The lowest BCUT2D eigenvalue weighted by atomic mass is 10.3. The van der Waals surface area contributed by atoms with Gasteiger partial charge in [0.2, 0.25) is 4.96 Å². The number of carbonyl (C=O) groups excluding carboxylic acids is 1. The predicted molar refractivity (Wildman–Crippen MR) is 95.7 cm³/mol. The maximum Gasteiger partial charge on any atom is 0.343 e. The van der Waals surface area contributed by atoms with Crippen LogP contribution < -0.4 is 14.2 Å². The van der Waals surface area contributed by atoms with Crippen LogP contribution in [0.2, 0.25) is 0 Å². The molecule has 0 saturated heterocycles. The smallest absolute Gasteiger partial charge is 0.343 e. The van der Waals surface area contributed by atoms with E-state index in [9.17, 15) is 4.79 Å². The summed E-state index contributed by atoms with van der Waals surface area (Å²) in [7, 11) is 4.40. The number of rotatable bonds is 6. The zero-order valence-electron chi connectivity index (χ0n) is 14.7. The number of hydrogen-bond donors (Lipinski definition) is 0. The van der Waals surface area contributed by atoms with Gasteiger partial charge in [-0.3, -0.25) is 0 Å². The number of pyridine rings is 1. The maximum absolute atomic E-state index is 11.4. The molecule has 0 aliphatic rings. The molecule has 0 atom stereocenters. The highest BCUT2D eigenvalue weighted by Crippen LogP contribution is 2.30. The Kier molecular flexibility index (Phi) is 4.28. The molecule has 4 heterocycles. The van der Waals surface area contributed by atoms with Crippen molar-refractivity contribution in [1.29, 1.82) is 0 Å². The largest absolute Gasteiger partial charge is 0.495 e. The quantitative estimate of drug-likeness (QED) is 0.459. The second kappa shape index (κ2) is 6.76. The molecule has 0 aliphatic carbocycles. The summed E-state index contributed by atoms with van der Waals surface area (Å²) >= 11 is 1.33. The lowest BCUT2D eigenvalue weighted by Crippen LogP contribution is -2.13. The summed E-state index contributed by atoms with van der Waals surface area (Å²) in [6.45, 7) is -0.218. The fraction of sp³-hybridized carbons (Fsp3) is 0.250. The van der Waals surface area contributed by atoms with Crippen molar-refractivity contribution in [1.82, 2.24) is 24.2 Å². The molecule has 0 aromatic carbocycles. The monoisotopic (exact) mass is 389 g/mol. The number of carbonyl (C=O) groups is 1. The molecular formula is C16H15N5O5S. The minimum Gasteiger partial charge on any atom is -0.495 e. The van der Waals surface area contributed by atoms with E-state index in [0.717, 1.165) is 0 Å². The van der Waals surface area contributed by atoms with Gasteiger partial charge in [0.15, 0.2) is 6.61 Å². The van der Waals surface area contributed by atoms with Gasteiger partial charge in [-0.1, -0.05) is 0 Å². The van der Waals surface area contributed by atoms with Crippen LogP contribution in [0.4, 0.5) is 0 Å². The summed E-state index contributed by atoms with van der Waals surface area (Å²) in [6.07, 6.45) is 3.48. The SMILES string of the molecule is COC(=O)COc1cc(OC)cn2nc(-c3cn4nc(OC)sc4n3)cc12. The van der Waals surface area contributed by atoms with E-state index in [1.165, 1.54) is 25.6 Å². The Hall–Kier alpha value is -3.34. The maximum atomic E-state index is 11.4. The normalized spacial score (nSPS) is 11.1. The minimum absolute atomic E-state index is 0.218. The van der Waals surface area contributed by atoms with Gasteiger partial charge in [-0.2, -0.15) is 5.10 Å². The number of methoxy groups -OCH3 is 3. The first kappa shape index (κ1) is 17.1. The second-order valence-corrected chi connectivity index (χ2v) is 6.31. The second-order valence-electron chi connectivity index (χ2n) is 5.39. The molecule has 140 valence electrons. The fourth-order valence-corrected chi connectivity index (χ4v) is 3.17. The van der Waals surface area contributed by atoms with Crippen molar-refractivity contribution in [2.24, 2.45) is 0 Å². The van der Waals surface area contributed by atoms with Crippen molar-refractivity contribution >= 4 is 27.8 Å². The molecule has 0 unspecified atom stereocenters. The van der Waals surface area contributed by atoms with Gasteiger partial charge in [0.05, 0.1) is 33.7 Å². The van der Waals surface area contributed by atoms with Crippen molar-refractivity contribution in [3.05, 3.63) is 24.5 Å². The molecule has 0 aliphatic heterocycles. The minimum atomic E-state index is -0.481. The van der Waals surface area contributed by atoms with Gasteiger partial charge < -0.3 is 18.9 Å². The van der Waals surface area contributed by atoms with Gasteiger partial charge in [0.25, 0.3) is 5.19 Å². The Morgan fingerprint density at radius 2 is 1.93 bits per heavy atom. The molecule has 0 saturated carbocycles. The van der Waals surface area contributed by atoms with Crippen molar-refractivity contribution < 1.29 is 23.7 Å². The van der Waals surface area contributed by atoms with Crippen LogP contribution in [0.5, 0.6) is 16.7 Å². The summed E-state index contributed by atoms with van der Waals surface area (Å²) in [5.74, 6) is 0.499. The van der Waals surface area contributed by atoms with Gasteiger partial charge in [-0.25, -0.2) is 18.8 Å². The third-order valence-electron chi connectivity index (χ3n) is 3.78. The topological polar surface area (TPSA) is 101 Å². The summed E-state index contributed by atoms with van der Waals surface area (Å²) in [6, 6.07) is 3.50. The molecule has 0 radical (unpaired) electrons. The van der Waals surface area contributed by atoms with Crippen LogP contribution in [0.1, 0.15) is 0 Å². The zero-order valence-corrected chi connectivity index (χ0v) is 15.5. The number of fused-ring (bicyclic) bond motifs is 2. The number of imidazole rings is 1. The third-order valence-corrected chi connectivity index (χ3v) is 4.67. The highest BCUT2D eigenvalue weighted by atomic mass is 32.1. The molecule has 4 rings (SSSR count). The molecule has 11 heteroatoms. The van der Waals surface area contributed by atoms with E-state index in [4.69, 9.17) is 14.2 Å². The summed E-state index contributed by atoms with van der Waals surface area (Å²) < 4.78 is 23.8. The first-order valence-corrected chi connectivity index (χ1v) is 8.60. The van der Waals surface area contributed by atoms with Crippen molar-refractivity contribution in [3.63, 3.8) is 0 Å². The van der Waals surface area contributed by atoms with Gasteiger partial charge >= 0.3 is 5.97 Å². The molecule has 0 N–H and O–H groups in total. The molecular weight excluding hydrogens is 374 g/mol. The average molecular weight is 389 g/mol. The van der Waals surface area contributed by atoms with Gasteiger partial charge in [-0.05, 0) is 17.4 Å². The Bertz CT molecular complexity index is 1100. The molecule has 4 aromatic rings. The van der Waals surface area contributed by atoms with Crippen LogP contribution in [0.15, 0.2) is 24.5 Å². The molecule has 0 bridgehead atoms. The summed E-state index contributed by atoms with van der Waals surface area (Å²) in [5.41, 5.74) is 1.94. The molecule has 10 nitrogen and oxygen atoms in total. The highest BCUT2D eigenvalue weighted by molar-refractivity contribution is 7.18. The van der Waals surface area contributed by atoms with Gasteiger partial charge in [0.1, 0.15) is 28.4 Å². The number of esters is 1. The van der Waals surface area contributed by atoms with E-state index in [2.05, 4.69) is 19.9 Å². The lowest BCUT2D eigenvalue weighted by Gasteiger charge is -2.08. The Balaban J connectivity index is 1.74. The molecule has 0 fully saturated rings. The zero-order chi connectivity index (χ0) is 19.0. The van der Waals surface area contributed by atoms with E-state index in [1.807, 2.05) is 6.07 Å². The van der Waals surface area contributed by atoms with Crippen molar-refractivity contribution in [3.8, 4) is 28.1 Å². The lowest BCUT2D eigenvalue weighted by molar-refractivity contribution is -0.142. The Morgan fingerprint density at radius 1 is 1.07 bits per heavy atom. The van der Waals surface area contributed by atoms with Crippen LogP contribution in [0.3, 0.4) is 0 Å². The summed E-state index contributed by atoms with van der Waals surface area (Å²) in [5, 5.41) is 9.31. The van der Waals surface area contributed by atoms with E-state index in [-0.39, 0.29) is 6.61 Å². The fourth-order valence-electron chi connectivity index (χ4n) is 2.47. The number of nitrogens with zero attached hydrogens (tertiary/aromatic N) is 5. The van der Waals surface area contributed by atoms with Crippen molar-refractivity contribution in [2.75, 3.05) is 27.9 Å². The molecule has 4 aromatic heterocycles. The van der Waals surface area contributed by atoms with Crippen LogP contribution in [0, 0.1) is 0 Å². The number of hydrogen-bond acceptors (Lipinski definition) is 9. The van der Waals surface area contributed by atoms with Crippen LogP contribution in [-0.2, 0) is 9.53 Å². The number of ether oxygens (including phenoxy) is 4. The Morgan fingerprint density at radius 3 is 2.63 bits per heavy atom. The standard InChI is InChI=1S/C16H15N5O5S/c1-23-9-4-13(26-8-14(22)24-2)12-5-10(18-20(12)6-9)11-7-21-15(17-11)27-16(19-21)25-3/h4-7H,8H2,1-3H3. The van der Waals surface area contributed by atoms with Crippen LogP contribution in [-0.4, -0.2) is 58.1 Å². The Labute approximate surface area is 156 Å². The third kappa shape index (κ3) is 3.12. The highest BCUT2D eigenvalue weighted by Gasteiger charge is 2.16. The van der Waals surface area contributed by atoms with E-state index in [0.29, 0.717) is 38.6 Å². The predicted octanol–water partition coefficient (Wildman–Crippen LogP) is 1.67. The first-order chi connectivity index (χ1) is 13.1. The van der Waals surface area contributed by atoms with Crippen LogP contribution in [0.25, 0.3) is 21.9 Å². The first-order valence-electron chi connectivity index (χ1n) is 7.79. The molecule has 0 spiro atoms. The molecule has 27 heavy (non-hydrogen) atoms. The van der Waals surface area contributed by atoms with E-state index >= 15 is 0 Å². The number of aromatic nitrogens is 5. The summed E-state index contributed by atoms with van der Waals surface area (Å²) in [4.78, 5) is 16.6. The van der Waals surface area contributed by atoms with Crippen molar-refractivity contribution in [2.45, 2.75) is 0 Å².